The zero-order valence-corrected chi connectivity index (χ0v) is 13.7. The monoisotopic (exact) mass is 316 g/mol. The standard InChI is InChI=1S/C22H20O2/c1-2-22(18-12-6-3-7-13-18,19-14-8-4-9-15-19)21(23)24-20-16-10-5-11-17-20/h3-17H,2H2,1H3. The molecule has 3 aromatic carbocycles. The molecule has 0 bridgehead atoms. The Bertz CT molecular complexity index is 740. The molecule has 2 heteroatoms. The third-order valence-corrected chi connectivity index (χ3v) is 4.37. The van der Waals surface area contributed by atoms with Crippen LogP contribution < -0.4 is 4.74 Å². The summed E-state index contributed by atoms with van der Waals surface area (Å²) in [4.78, 5) is 13.2. The van der Waals surface area contributed by atoms with Crippen molar-refractivity contribution in [1.29, 1.82) is 0 Å². The Balaban J connectivity index is 2.09. The van der Waals surface area contributed by atoms with Crippen LogP contribution in [0.3, 0.4) is 0 Å². The molecule has 0 fully saturated rings. The molecule has 0 heterocycles. The van der Waals surface area contributed by atoms with E-state index < -0.39 is 5.41 Å². The van der Waals surface area contributed by atoms with Crippen LogP contribution in [0, 0.1) is 0 Å². The fourth-order valence-electron chi connectivity index (χ4n) is 3.08. The van der Waals surface area contributed by atoms with Crippen LogP contribution >= 0.6 is 0 Å². The SMILES string of the molecule is CCC(C(=O)Oc1ccccc1)(c1ccccc1)c1ccccc1. The van der Waals surface area contributed by atoms with Gasteiger partial charge in [0.05, 0.1) is 0 Å². The van der Waals surface area contributed by atoms with Crippen molar-refractivity contribution in [3.63, 3.8) is 0 Å². The first-order valence-electron chi connectivity index (χ1n) is 8.16. The van der Waals surface area contributed by atoms with Gasteiger partial charge in [0, 0.05) is 0 Å². The highest BCUT2D eigenvalue weighted by molar-refractivity contribution is 5.89. The molecule has 120 valence electrons. The summed E-state index contributed by atoms with van der Waals surface area (Å²) in [6.07, 6.45) is 0.618. The number of carbonyl (C=O) groups excluding carboxylic acids is 1. The molecule has 0 spiro atoms. The highest BCUT2D eigenvalue weighted by Crippen LogP contribution is 2.37. The van der Waals surface area contributed by atoms with E-state index >= 15 is 0 Å². The van der Waals surface area contributed by atoms with E-state index in [2.05, 4.69) is 0 Å². The maximum atomic E-state index is 13.2. The van der Waals surface area contributed by atoms with Gasteiger partial charge in [-0.25, -0.2) is 0 Å². The lowest BCUT2D eigenvalue weighted by molar-refractivity contribution is -0.139. The minimum Gasteiger partial charge on any atom is -0.426 e. The van der Waals surface area contributed by atoms with E-state index in [1.807, 2.05) is 85.8 Å². The van der Waals surface area contributed by atoms with Crippen molar-refractivity contribution in [1.82, 2.24) is 0 Å². The summed E-state index contributed by atoms with van der Waals surface area (Å²) in [6.45, 7) is 2.02. The fraction of sp³-hybridized carbons (Fsp3) is 0.136. The minimum atomic E-state index is -0.821. The Morgan fingerprint density at radius 2 is 1.17 bits per heavy atom. The molecular weight excluding hydrogens is 296 g/mol. The zero-order chi connectivity index (χ0) is 16.8. The first-order valence-corrected chi connectivity index (χ1v) is 8.16. The Hall–Kier alpha value is -2.87. The molecule has 0 saturated carbocycles. The Kier molecular flexibility index (Phi) is 4.76. The van der Waals surface area contributed by atoms with Crippen LogP contribution in [0.25, 0.3) is 0 Å². The second kappa shape index (κ2) is 7.14. The lowest BCUT2D eigenvalue weighted by Gasteiger charge is -2.31. The fourth-order valence-corrected chi connectivity index (χ4v) is 3.08. The summed E-state index contributed by atoms with van der Waals surface area (Å²) < 4.78 is 5.74. The molecule has 0 unspecified atom stereocenters. The number of para-hydroxylation sites is 1. The van der Waals surface area contributed by atoms with Crippen molar-refractivity contribution in [3.05, 3.63) is 102 Å². The lowest BCUT2D eigenvalue weighted by Crippen LogP contribution is -2.40. The number of rotatable bonds is 5. The normalized spacial score (nSPS) is 11.0. The maximum absolute atomic E-state index is 13.2. The second-order valence-electron chi connectivity index (χ2n) is 5.69. The summed E-state index contributed by atoms with van der Waals surface area (Å²) in [5.41, 5.74) is 1.07. The third kappa shape index (κ3) is 2.95. The molecule has 0 aliphatic heterocycles. The first-order chi connectivity index (χ1) is 11.8. The van der Waals surface area contributed by atoms with Crippen LogP contribution in [-0.4, -0.2) is 5.97 Å². The Morgan fingerprint density at radius 1 is 0.750 bits per heavy atom. The quantitative estimate of drug-likeness (QED) is 0.490. The number of hydrogen-bond acceptors (Lipinski definition) is 2. The smallest absolute Gasteiger partial charge is 0.326 e. The van der Waals surface area contributed by atoms with E-state index in [0.29, 0.717) is 12.2 Å². The molecule has 0 N–H and O–H groups in total. The largest absolute Gasteiger partial charge is 0.426 e. The topological polar surface area (TPSA) is 26.3 Å². The average molecular weight is 316 g/mol. The van der Waals surface area contributed by atoms with Crippen molar-refractivity contribution in [2.75, 3.05) is 0 Å². The molecule has 3 aromatic rings. The molecule has 0 aliphatic carbocycles. The average Bonchev–Trinajstić information content (AvgIpc) is 2.65. The van der Waals surface area contributed by atoms with Crippen LogP contribution in [-0.2, 0) is 10.2 Å². The molecule has 0 saturated heterocycles. The lowest BCUT2D eigenvalue weighted by atomic mass is 9.72. The van der Waals surface area contributed by atoms with Crippen LogP contribution in [0.15, 0.2) is 91.0 Å². The van der Waals surface area contributed by atoms with Gasteiger partial charge in [0.1, 0.15) is 11.2 Å². The first kappa shape index (κ1) is 16.0. The molecular formula is C22H20O2. The van der Waals surface area contributed by atoms with Gasteiger partial charge in [0.15, 0.2) is 0 Å². The van der Waals surface area contributed by atoms with E-state index in [9.17, 15) is 4.79 Å². The maximum Gasteiger partial charge on any atom is 0.326 e. The molecule has 0 aliphatic rings. The van der Waals surface area contributed by atoms with Gasteiger partial charge in [-0.15, -0.1) is 0 Å². The van der Waals surface area contributed by atoms with E-state index in [1.54, 1.807) is 12.1 Å². The number of benzene rings is 3. The van der Waals surface area contributed by atoms with Gasteiger partial charge in [-0.05, 0) is 29.7 Å². The van der Waals surface area contributed by atoms with Crippen molar-refractivity contribution in [2.24, 2.45) is 0 Å². The van der Waals surface area contributed by atoms with Gasteiger partial charge in [0.2, 0.25) is 0 Å². The molecule has 0 aromatic heterocycles. The van der Waals surface area contributed by atoms with Crippen LogP contribution in [0.2, 0.25) is 0 Å². The third-order valence-electron chi connectivity index (χ3n) is 4.37. The van der Waals surface area contributed by atoms with Gasteiger partial charge >= 0.3 is 5.97 Å². The highest BCUT2D eigenvalue weighted by atomic mass is 16.5. The van der Waals surface area contributed by atoms with Crippen molar-refractivity contribution >= 4 is 5.97 Å². The molecule has 0 amide bonds. The van der Waals surface area contributed by atoms with Crippen LogP contribution in [0.5, 0.6) is 5.75 Å². The predicted octanol–water partition coefficient (Wildman–Crippen LogP) is 4.99. The van der Waals surface area contributed by atoms with Gasteiger partial charge in [0.25, 0.3) is 0 Å². The second-order valence-corrected chi connectivity index (χ2v) is 5.69. The number of esters is 1. The molecule has 24 heavy (non-hydrogen) atoms. The molecule has 3 rings (SSSR count). The van der Waals surface area contributed by atoms with Crippen LogP contribution in [0.1, 0.15) is 24.5 Å². The molecule has 0 atom stereocenters. The minimum absolute atomic E-state index is 0.256. The van der Waals surface area contributed by atoms with E-state index in [4.69, 9.17) is 4.74 Å². The van der Waals surface area contributed by atoms with Gasteiger partial charge in [-0.2, -0.15) is 0 Å². The van der Waals surface area contributed by atoms with Gasteiger partial charge in [-0.1, -0.05) is 85.8 Å². The van der Waals surface area contributed by atoms with Crippen molar-refractivity contribution in [2.45, 2.75) is 18.8 Å². The number of hydrogen-bond donors (Lipinski definition) is 0. The van der Waals surface area contributed by atoms with E-state index in [0.717, 1.165) is 11.1 Å². The summed E-state index contributed by atoms with van der Waals surface area (Å²) in [7, 11) is 0. The molecule has 2 nitrogen and oxygen atoms in total. The summed E-state index contributed by atoms with van der Waals surface area (Å²) in [5, 5.41) is 0. The van der Waals surface area contributed by atoms with Crippen LogP contribution in [0.4, 0.5) is 0 Å². The van der Waals surface area contributed by atoms with Gasteiger partial charge < -0.3 is 4.74 Å². The summed E-state index contributed by atoms with van der Waals surface area (Å²) in [6, 6.07) is 28.9. The van der Waals surface area contributed by atoms with E-state index in [-0.39, 0.29) is 5.97 Å². The Labute approximate surface area is 142 Å². The highest BCUT2D eigenvalue weighted by Gasteiger charge is 2.42. The molecule has 0 radical (unpaired) electrons. The number of ether oxygens (including phenoxy) is 1. The number of carbonyl (C=O) groups is 1. The van der Waals surface area contributed by atoms with E-state index in [1.165, 1.54) is 0 Å². The predicted molar refractivity (Wildman–Crippen MR) is 96.0 cm³/mol. The zero-order valence-electron chi connectivity index (χ0n) is 13.7. The Morgan fingerprint density at radius 3 is 1.58 bits per heavy atom. The van der Waals surface area contributed by atoms with Crippen molar-refractivity contribution in [3.8, 4) is 5.75 Å². The van der Waals surface area contributed by atoms with Crippen molar-refractivity contribution < 1.29 is 9.53 Å². The summed E-state index contributed by atoms with van der Waals surface area (Å²) >= 11 is 0. The summed E-state index contributed by atoms with van der Waals surface area (Å²) in [5.74, 6) is 0.306. The van der Waals surface area contributed by atoms with Gasteiger partial charge in [-0.3, -0.25) is 4.79 Å².